The molecule has 2 nitrogen and oxygen atoms in total. The van der Waals surface area contributed by atoms with Gasteiger partial charge < -0.3 is 9.90 Å². The van der Waals surface area contributed by atoms with Crippen LogP contribution in [0.1, 0.15) is 12.0 Å². The third-order valence-electron chi connectivity index (χ3n) is 1.31. The van der Waals surface area contributed by atoms with Crippen molar-refractivity contribution >= 4 is 6.29 Å². The predicted molar refractivity (Wildman–Crippen MR) is 45.7 cm³/mol. The maximum atomic E-state index is 9.91. The highest BCUT2D eigenvalue weighted by Crippen LogP contribution is 2.13. The fourth-order valence-electron chi connectivity index (χ4n) is 0.767. The van der Waals surface area contributed by atoms with Crippen LogP contribution in [0.25, 0.3) is 0 Å². The minimum Gasteiger partial charge on any atom is -0.507 e. The lowest BCUT2D eigenvalue weighted by Gasteiger charge is -1.92. The van der Waals surface area contributed by atoms with Gasteiger partial charge in [-0.15, -0.1) is 0 Å². The molecule has 0 aromatic heterocycles. The number of para-hydroxylation sites is 1. The first-order valence-corrected chi connectivity index (χ1v) is 3.55. The summed E-state index contributed by atoms with van der Waals surface area (Å²) >= 11 is 0. The van der Waals surface area contributed by atoms with Gasteiger partial charge in [0.05, 0.1) is 12.0 Å². The summed E-state index contributed by atoms with van der Waals surface area (Å²) in [6.07, 6.45) is 0.932. The SMILES string of the molecule is O=CCC#Cc1ccccc1O. The number of carbonyl (C=O) groups excluding carboxylic acids is 1. The van der Waals surface area contributed by atoms with E-state index < -0.39 is 0 Å². The van der Waals surface area contributed by atoms with Crippen molar-refractivity contribution in [3.05, 3.63) is 29.8 Å². The van der Waals surface area contributed by atoms with Gasteiger partial charge in [-0.3, -0.25) is 0 Å². The Bertz CT molecular complexity index is 331. The third-order valence-corrected chi connectivity index (χ3v) is 1.31. The maximum Gasteiger partial charge on any atom is 0.131 e. The van der Waals surface area contributed by atoms with E-state index in [0.29, 0.717) is 5.56 Å². The molecule has 0 bridgehead atoms. The smallest absolute Gasteiger partial charge is 0.131 e. The molecule has 0 spiro atoms. The molecular weight excluding hydrogens is 152 g/mol. The molecule has 1 aromatic rings. The van der Waals surface area contributed by atoms with Crippen molar-refractivity contribution in [1.29, 1.82) is 0 Å². The summed E-state index contributed by atoms with van der Waals surface area (Å²) < 4.78 is 0. The number of hydrogen-bond donors (Lipinski definition) is 1. The van der Waals surface area contributed by atoms with E-state index in [4.69, 9.17) is 0 Å². The van der Waals surface area contributed by atoms with E-state index in [1.54, 1.807) is 24.3 Å². The summed E-state index contributed by atoms with van der Waals surface area (Å²) in [4.78, 5) is 9.91. The van der Waals surface area contributed by atoms with E-state index >= 15 is 0 Å². The van der Waals surface area contributed by atoms with Crippen LogP contribution in [0.4, 0.5) is 0 Å². The largest absolute Gasteiger partial charge is 0.507 e. The monoisotopic (exact) mass is 160 g/mol. The van der Waals surface area contributed by atoms with E-state index in [1.165, 1.54) is 0 Å². The van der Waals surface area contributed by atoms with Crippen molar-refractivity contribution in [2.75, 3.05) is 0 Å². The van der Waals surface area contributed by atoms with E-state index in [9.17, 15) is 9.90 Å². The average molecular weight is 160 g/mol. The van der Waals surface area contributed by atoms with Crippen molar-refractivity contribution in [3.63, 3.8) is 0 Å². The standard InChI is InChI=1S/C10H8O2/c11-8-4-3-6-9-5-1-2-7-10(9)12/h1-2,5,7-8,12H,4H2. The average Bonchev–Trinajstić information content (AvgIpc) is 2.09. The molecule has 0 heterocycles. The summed E-state index contributed by atoms with van der Waals surface area (Å²) in [5.74, 6) is 5.45. The van der Waals surface area contributed by atoms with Crippen LogP contribution < -0.4 is 0 Å². The number of aromatic hydroxyl groups is 1. The Labute approximate surface area is 70.8 Å². The van der Waals surface area contributed by atoms with Gasteiger partial charge in [0.25, 0.3) is 0 Å². The second-order valence-corrected chi connectivity index (χ2v) is 2.19. The van der Waals surface area contributed by atoms with Gasteiger partial charge in [-0.1, -0.05) is 24.0 Å². The van der Waals surface area contributed by atoms with Gasteiger partial charge >= 0.3 is 0 Å². The first-order chi connectivity index (χ1) is 5.84. The zero-order valence-corrected chi connectivity index (χ0v) is 6.45. The molecule has 2 heteroatoms. The van der Waals surface area contributed by atoms with Gasteiger partial charge in [-0.2, -0.15) is 0 Å². The van der Waals surface area contributed by atoms with E-state index in [1.807, 2.05) is 0 Å². The lowest BCUT2D eigenvalue weighted by Crippen LogP contribution is -1.75. The van der Waals surface area contributed by atoms with Crippen molar-refractivity contribution in [2.45, 2.75) is 6.42 Å². The molecule has 12 heavy (non-hydrogen) atoms. The van der Waals surface area contributed by atoms with E-state index in [0.717, 1.165) is 6.29 Å². The Morgan fingerprint density at radius 1 is 1.42 bits per heavy atom. The third kappa shape index (κ3) is 2.14. The molecule has 0 aliphatic carbocycles. The predicted octanol–water partition coefficient (Wildman–Crippen LogP) is 1.33. The van der Waals surface area contributed by atoms with Crippen LogP contribution in [-0.2, 0) is 4.79 Å². The van der Waals surface area contributed by atoms with Gasteiger partial charge in [-0.25, -0.2) is 0 Å². The summed E-state index contributed by atoms with van der Waals surface area (Å²) in [7, 11) is 0. The molecular formula is C10H8O2. The van der Waals surface area contributed by atoms with Crippen LogP contribution >= 0.6 is 0 Å². The molecule has 60 valence electrons. The van der Waals surface area contributed by atoms with Crippen LogP contribution in [-0.4, -0.2) is 11.4 Å². The maximum absolute atomic E-state index is 9.91. The Morgan fingerprint density at radius 2 is 2.17 bits per heavy atom. The summed E-state index contributed by atoms with van der Waals surface area (Å²) in [6, 6.07) is 6.77. The second-order valence-electron chi connectivity index (χ2n) is 2.19. The molecule has 0 amide bonds. The van der Waals surface area contributed by atoms with Crippen molar-refractivity contribution < 1.29 is 9.90 Å². The van der Waals surface area contributed by atoms with E-state index in [2.05, 4.69) is 11.8 Å². The highest BCUT2D eigenvalue weighted by atomic mass is 16.3. The Hall–Kier alpha value is -1.75. The van der Waals surface area contributed by atoms with Crippen molar-refractivity contribution in [2.24, 2.45) is 0 Å². The van der Waals surface area contributed by atoms with Crippen LogP contribution in [0.5, 0.6) is 5.75 Å². The number of phenols is 1. The van der Waals surface area contributed by atoms with Gasteiger partial charge in [0.15, 0.2) is 0 Å². The summed E-state index contributed by atoms with van der Waals surface area (Å²) in [6.45, 7) is 0. The Morgan fingerprint density at radius 3 is 2.83 bits per heavy atom. The first-order valence-electron chi connectivity index (χ1n) is 3.55. The van der Waals surface area contributed by atoms with Gasteiger partial charge in [0.1, 0.15) is 12.0 Å². The normalized spacial score (nSPS) is 8.33. The fraction of sp³-hybridized carbons (Fsp3) is 0.100. The molecule has 0 unspecified atom stereocenters. The van der Waals surface area contributed by atoms with Crippen LogP contribution in [0, 0.1) is 11.8 Å². The van der Waals surface area contributed by atoms with Gasteiger partial charge in [0, 0.05) is 0 Å². The van der Waals surface area contributed by atoms with Crippen LogP contribution in [0.3, 0.4) is 0 Å². The summed E-state index contributed by atoms with van der Waals surface area (Å²) in [5.41, 5.74) is 0.555. The van der Waals surface area contributed by atoms with E-state index in [-0.39, 0.29) is 12.2 Å². The number of hydrogen-bond acceptors (Lipinski definition) is 2. The Balaban J connectivity index is 2.84. The zero-order chi connectivity index (χ0) is 8.81. The first kappa shape index (κ1) is 8.35. The molecule has 0 radical (unpaired) electrons. The van der Waals surface area contributed by atoms with Crippen molar-refractivity contribution in [3.8, 4) is 17.6 Å². The lowest BCUT2D eigenvalue weighted by atomic mass is 10.2. The number of phenolic OH excluding ortho intramolecular Hbond substituents is 1. The minimum atomic E-state index is 0.149. The molecule has 0 aliphatic rings. The lowest BCUT2D eigenvalue weighted by molar-refractivity contribution is -0.107. The molecule has 1 N–H and O–H groups in total. The minimum absolute atomic E-state index is 0.149. The number of benzene rings is 1. The molecule has 0 aliphatic heterocycles. The highest BCUT2D eigenvalue weighted by Gasteiger charge is 1.92. The molecule has 0 fully saturated rings. The molecule has 0 saturated heterocycles. The van der Waals surface area contributed by atoms with Crippen molar-refractivity contribution in [1.82, 2.24) is 0 Å². The fourth-order valence-corrected chi connectivity index (χ4v) is 0.767. The number of carbonyl (C=O) groups is 1. The molecule has 1 rings (SSSR count). The van der Waals surface area contributed by atoms with Crippen LogP contribution in [0.2, 0.25) is 0 Å². The second kappa shape index (κ2) is 4.20. The quantitative estimate of drug-likeness (QED) is 0.497. The zero-order valence-electron chi connectivity index (χ0n) is 6.45. The van der Waals surface area contributed by atoms with Crippen LogP contribution in [0.15, 0.2) is 24.3 Å². The number of rotatable bonds is 1. The summed E-state index contributed by atoms with van der Waals surface area (Å²) in [5, 5.41) is 9.22. The topological polar surface area (TPSA) is 37.3 Å². The van der Waals surface area contributed by atoms with Gasteiger partial charge in [0.2, 0.25) is 0 Å². The highest BCUT2D eigenvalue weighted by molar-refractivity contribution is 5.55. The molecule has 1 aromatic carbocycles. The number of aldehydes is 1. The molecule has 0 saturated carbocycles. The molecule has 0 atom stereocenters. The van der Waals surface area contributed by atoms with Gasteiger partial charge in [-0.05, 0) is 12.1 Å². The Kier molecular flexibility index (Phi) is 2.92.